The molecule has 0 radical (unpaired) electrons. The van der Waals surface area contributed by atoms with E-state index in [1.165, 1.54) is 0 Å². The topological polar surface area (TPSA) is 82.7 Å². The molecule has 0 bridgehead atoms. The fraction of sp³-hybridized carbons (Fsp3) is 0.333. The lowest BCUT2D eigenvalue weighted by atomic mass is 10.1. The number of rotatable bonds is 7. The van der Waals surface area contributed by atoms with E-state index in [0.29, 0.717) is 35.3 Å². The van der Waals surface area contributed by atoms with Gasteiger partial charge in [-0.1, -0.05) is 18.1 Å². The summed E-state index contributed by atoms with van der Waals surface area (Å²) in [6.45, 7) is 5.10. The van der Waals surface area contributed by atoms with Gasteiger partial charge < -0.3 is 19.9 Å². The van der Waals surface area contributed by atoms with Gasteiger partial charge in [-0.3, -0.25) is 4.90 Å². The average molecular weight is 418 g/mol. The number of nitrogens with zero attached hydrogens (tertiary/aromatic N) is 3. The van der Waals surface area contributed by atoms with Crippen molar-refractivity contribution in [3.63, 3.8) is 0 Å². The molecule has 0 saturated carbocycles. The van der Waals surface area contributed by atoms with E-state index in [9.17, 15) is 0 Å². The van der Waals surface area contributed by atoms with Crippen molar-refractivity contribution < 1.29 is 14.2 Å². The number of aromatic nitrogens is 2. The van der Waals surface area contributed by atoms with Gasteiger partial charge in [0.1, 0.15) is 5.82 Å². The first-order chi connectivity index (χ1) is 15.2. The summed E-state index contributed by atoms with van der Waals surface area (Å²) in [4.78, 5) is 11.5. The van der Waals surface area contributed by atoms with Gasteiger partial charge in [0.15, 0.2) is 17.3 Å². The molecule has 4 rings (SSSR count). The molecule has 2 N–H and O–H groups in total. The number of morpholine rings is 1. The molecule has 1 fully saturated rings. The Morgan fingerprint density at radius 2 is 2.00 bits per heavy atom. The maximum Gasteiger partial charge on any atom is 0.162 e. The number of benzene rings is 2. The third-order valence-electron chi connectivity index (χ3n) is 5.28. The standard InChI is InChI=1S/C24H26N4O3/c1-3-17-6-4-7-18(14-17)24-26-20-16-21(29-2)22(15-19(20)23(25)27-24)31-11-5-8-28-9-12-30-13-10-28/h1,4,6-7,14-16H,5,8-13H2,2H3,(H2,25,26,27). The molecule has 0 atom stereocenters. The van der Waals surface area contributed by atoms with Crippen LogP contribution in [0.4, 0.5) is 5.82 Å². The molecule has 3 aromatic rings. The highest BCUT2D eigenvalue weighted by atomic mass is 16.5. The van der Waals surface area contributed by atoms with Gasteiger partial charge in [-0.25, -0.2) is 9.97 Å². The number of hydrogen-bond acceptors (Lipinski definition) is 7. The van der Waals surface area contributed by atoms with Crippen molar-refractivity contribution >= 4 is 16.7 Å². The summed E-state index contributed by atoms with van der Waals surface area (Å²) in [5, 5.41) is 0.723. The minimum atomic E-state index is 0.381. The molecule has 7 nitrogen and oxygen atoms in total. The van der Waals surface area contributed by atoms with Gasteiger partial charge in [-0.15, -0.1) is 6.42 Å². The number of fused-ring (bicyclic) bond motifs is 1. The van der Waals surface area contributed by atoms with Gasteiger partial charge in [0.25, 0.3) is 0 Å². The SMILES string of the molecule is C#Cc1cccc(-c2nc(N)c3cc(OCCCN4CCOCC4)c(OC)cc3n2)c1. The molecule has 0 unspecified atom stereocenters. The Morgan fingerprint density at radius 1 is 1.16 bits per heavy atom. The quantitative estimate of drug-likeness (QED) is 0.467. The highest BCUT2D eigenvalue weighted by Gasteiger charge is 2.14. The normalized spacial score (nSPS) is 14.3. The zero-order valence-corrected chi connectivity index (χ0v) is 17.6. The minimum absolute atomic E-state index is 0.381. The Hall–Kier alpha value is -3.34. The minimum Gasteiger partial charge on any atom is -0.493 e. The van der Waals surface area contributed by atoms with Gasteiger partial charge in [-0.05, 0) is 24.6 Å². The second kappa shape index (κ2) is 9.65. The summed E-state index contributed by atoms with van der Waals surface area (Å²) in [5.41, 5.74) is 8.53. The van der Waals surface area contributed by atoms with E-state index in [4.69, 9.17) is 26.4 Å². The van der Waals surface area contributed by atoms with E-state index in [-0.39, 0.29) is 0 Å². The van der Waals surface area contributed by atoms with Crippen LogP contribution in [-0.2, 0) is 4.74 Å². The van der Waals surface area contributed by atoms with Crippen molar-refractivity contribution in [2.75, 3.05) is 52.3 Å². The van der Waals surface area contributed by atoms with E-state index in [0.717, 1.165) is 55.8 Å². The van der Waals surface area contributed by atoms with Crippen LogP contribution < -0.4 is 15.2 Å². The second-order valence-corrected chi connectivity index (χ2v) is 7.33. The third-order valence-corrected chi connectivity index (χ3v) is 5.28. The zero-order chi connectivity index (χ0) is 21.6. The van der Waals surface area contributed by atoms with Crippen molar-refractivity contribution in [1.82, 2.24) is 14.9 Å². The fourth-order valence-corrected chi connectivity index (χ4v) is 3.60. The van der Waals surface area contributed by atoms with E-state index in [1.807, 2.05) is 36.4 Å². The maximum absolute atomic E-state index is 6.27. The molecule has 1 aliphatic heterocycles. The number of ether oxygens (including phenoxy) is 3. The summed E-state index contributed by atoms with van der Waals surface area (Å²) in [6.07, 6.45) is 6.42. The van der Waals surface area contributed by atoms with Gasteiger partial charge in [-0.2, -0.15) is 0 Å². The largest absolute Gasteiger partial charge is 0.493 e. The number of terminal acetylenes is 1. The molecular formula is C24H26N4O3. The van der Waals surface area contributed by atoms with Gasteiger partial charge in [0.2, 0.25) is 0 Å². The maximum atomic E-state index is 6.27. The molecule has 0 spiro atoms. The Bertz CT molecular complexity index is 1100. The monoisotopic (exact) mass is 418 g/mol. The molecule has 1 aliphatic rings. The molecule has 2 heterocycles. The smallest absolute Gasteiger partial charge is 0.162 e. The van der Waals surface area contributed by atoms with Crippen molar-refractivity contribution in [2.45, 2.75) is 6.42 Å². The lowest BCUT2D eigenvalue weighted by Crippen LogP contribution is -2.37. The molecule has 160 valence electrons. The average Bonchev–Trinajstić information content (AvgIpc) is 2.82. The van der Waals surface area contributed by atoms with Crippen molar-refractivity contribution in [1.29, 1.82) is 0 Å². The summed E-state index contributed by atoms with van der Waals surface area (Å²) in [6, 6.07) is 11.2. The third kappa shape index (κ3) is 4.88. The van der Waals surface area contributed by atoms with Crippen LogP contribution in [0.3, 0.4) is 0 Å². The van der Waals surface area contributed by atoms with Gasteiger partial charge >= 0.3 is 0 Å². The summed E-state index contributed by atoms with van der Waals surface area (Å²) < 4.78 is 16.9. The first-order valence-electron chi connectivity index (χ1n) is 10.3. The van der Waals surface area contributed by atoms with Crippen LogP contribution in [0.2, 0.25) is 0 Å². The van der Waals surface area contributed by atoms with Crippen molar-refractivity contribution in [3.05, 3.63) is 42.0 Å². The Balaban J connectivity index is 1.54. The van der Waals surface area contributed by atoms with Crippen LogP contribution in [0, 0.1) is 12.3 Å². The van der Waals surface area contributed by atoms with E-state index >= 15 is 0 Å². The molecule has 0 aliphatic carbocycles. The molecule has 0 amide bonds. The fourth-order valence-electron chi connectivity index (χ4n) is 3.60. The van der Waals surface area contributed by atoms with E-state index in [2.05, 4.69) is 20.8 Å². The van der Waals surface area contributed by atoms with Crippen LogP contribution in [0.1, 0.15) is 12.0 Å². The number of hydrogen-bond donors (Lipinski definition) is 1. The number of nitrogen functional groups attached to an aromatic ring is 1. The summed E-state index contributed by atoms with van der Waals surface area (Å²) >= 11 is 0. The first kappa shape index (κ1) is 20.9. The second-order valence-electron chi connectivity index (χ2n) is 7.33. The van der Waals surface area contributed by atoms with Crippen LogP contribution >= 0.6 is 0 Å². The predicted molar refractivity (Wildman–Crippen MR) is 121 cm³/mol. The van der Waals surface area contributed by atoms with Crippen molar-refractivity contribution in [2.24, 2.45) is 0 Å². The number of anilines is 1. The molecule has 1 aromatic heterocycles. The van der Waals surface area contributed by atoms with Crippen LogP contribution in [0.5, 0.6) is 11.5 Å². The number of nitrogens with two attached hydrogens (primary N) is 1. The summed E-state index contributed by atoms with van der Waals surface area (Å²) in [5.74, 6) is 4.77. The Kier molecular flexibility index (Phi) is 6.51. The molecule has 7 heteroatoms. The van der Waals surface area contributed by atoms with Gasteiger partial charge in [0, 0.05) is 42.2 Å². The Morgan fingerprint density at radius 3 is 2.77 bits per heavy atom. The van der Waals surface area contributed by atoms with Crippen LogP contribution in [0.15, 0.2) is 36.4 Å². The Labute approximate surface area is 182 Å². The van der Waals surface area contributed by atoms with Crippen LogP contribution in [0.25, 0.3) is 22.3 Å². The van der Waals surface area contributed by atoms with Crippen molar-refractivity contribution in [3.8, 4) is 35.2 Å². The summed E-state index contributed by atoms with van der Waals surface area (Å²) in [7, 11) is 1.61. The molecule has 31 heavy (non-hydrogen) atoms. The van der Waals surface area contributed by atoms with E-state index in [1.54, 1.807) is 7.11 Å². The molecule has 1 saturated heterocycles. The predicted octanol–water partition coefficient (Wildman–Crippen LogP) is 2.97. The molecule has 2 aromatic carbocycles. The highest BCUT2D eigenvalue weighted by molar-refractivity contribution is 5.92. The lowest BCUT2D eigenvalue weighted by molar-refractivity contribution is 0.0357. The van der Waals surface area contributed by atoms with Gasteiger partial charge in [0.05, 0.1) is 32.4 Å². The highest BCUT2D eigenvalue weighted by Crippen LogP contribution is 2.34. The van der Waals surface area contributed by atoms with Crippen LogP contribution in [-0.4, -0.2) is 61.4 Å². The number of methoxy groups -OCH3 is 1. The molecular weight excluding hydrogens is 392 g/mol. The zero-order valence-electron chi connectivity index (χ0n) is 17.6. The first-order valence-corrected chi connectivity index (χ1v) is 10.3. The van der Waals surface area contributed by atoms with E-state index < -0.39 is 0 Å². The lowest BCUT2D eigenvalue weighted by Gasteiger charge is -2.26.